The first-order valence-corrected chi connectivity index (χ1v) is 10.2. The van der Waals surface area contributed by atoms with Crippen molar-refractivity contribution in [3.8, 4) is 5.75 Å². The summed E-state index contributed by atoms with van der Waals surface area (Å²) >= 11 is 0. The van der Waals surface area contributed by atoms with Crippen molar-refractivity contribution in [3.05, 3.63) is 83.9 Å². The van der Waals surface area contributed by atoms with Gasteiger partial charge >= 0.3 is 6.16 Å². The average Bonchev–Trinajstić information content (AvgIpc) is 2.68. The van der Waals surface area contributed by atoms with E-state index in [0.29, 0.717) is 0 Å². The summed E-state index contributed by atoms with van der Waals surface area (Å²) < 4.78 is 10.3. The number of hydrogen-bond donors (Lipinski definition) is 1. The summed E-state index contributed by atoms with van der Waals surface area (Å²) in [6, 6.07) is 25.3. The molecule has 0 aliphatic rings. The van der Waals surface area contributed by atoms with Gasteiger partial charge in [0.2, 0.25) is 0 Å². The second-order valence-corrected chi connectivity index (χ2v) is 8.31. The van der Waals surface area contributed by atoms with Crippen LogP contribution in [0, 0.1) is 13.8 Å². The predicted octanol–water partition coefficient (Wildman–Crippen LogP) is 5.47. The molecule has 0 heterocycles. The molecule has 0 aliphatic heterocycles. The third-order valence-electron chi connectivity index (χ3n) is 4.18. The molecule has 5 heteroatoms. The van der Waals surface area contributed by atoms with Gasteiger partial charge in [0, 0.05) is 12.1 Å². The van der Waals surface area contributed by atoms with Crippen molar-refractivity contribution in [2.45, 2.75) is 28.5 Å². The van der Waals surface area contributed by atoms with Gasteiger partial charge in [-0.15, -0.1) is 0 Å². The molecule has 3 aromatic rings. The third-order valence-corrected chi connectivity index (χ3v) is 6.38. The highest BCUT2D eigenvalue weighted by molar-refractivity contribution is 7.97. The Morgan fingerprint density at radius 3 is 1.79 bits per heavy atom. The Labute approximate surface area is 168 Å². The first-order valence-electron chi connectivity index (χ1n) is 9.00. The number of rotatable bonds is 7. The summed E-state index contributed by atoms with van der Waals surface area (Å²) in [5.74, 6) is 0.780. The Morgan fingerprint density at radius 2 is 1.32 bits per heavy atom. The molecular formula is C23H23O4S+. The smallest absolute Gasteiger partial charge is 0.489 e. The van der Waals surface area contributed by atoms with Crippen LogP contribution in [0.15, 0.2) is 87.5 Å². The Bertz CT molecular complexity index is 863. The van der Waals surface area contributed by atoms with Crippen molar-refractivity contribution < 1.29 is 19.4 Å². The predicted molar refractivity (Wildman–Crippen MR) is 110 cm³/mol. The lowest BCUT2D eigenvalue weighted by atomic mass is 10.1. The molecule has 0 spiro atoms. The maximum Gasteiger partial charge on any atom is 0.505 e. The van der Waals surface area contributed by atoms with Crippen molar-refractivity contribution in [1.29, 1.82) is 0 Å². The second kappa shape index (κ2) is 9.33. The zero-order valence-corrected chi connectivity index (χ0v) is 16.7. The summed E-state index contributed by atoms with van der Waals surface area (Å²) in [5, 5.41) is 8.56. The lowest BCUT2D eigenvalue weighted by Crippen LogP contribution is -2.12. The highest BCUT2D eigenvalue weighted by Gasteiger charge is 2.29. The third kappa shape index (κ3) is 4.87. The molecule has 0 amide bonds. The van der Waals surface area contributed by atoms with E-state index in [2.05, 4.69) is 65.4 Å². The SMILES string of the molecule is Cc1cc([S+](c2ccccc2)c2ccccc2)cc(C)c1OCCOC(=O)O. The number of aryl methyl sites for hydroxylation is 2. The molecule has 0 aliphatic carbocycles. The van der Waals surface area contributed by atoms with E-state index in [1.54, 1.807) is 0 Å². The Balaban J connectivity index is 1.92. The van der Waals surface area contributed by atoms with Gasteiger partial charge in [-0.2, -0.15) is 0 Å². The fourth-order valence-electron chi connectivity index (χ4n) is 3.05. The number of carboxylic acid groups (broad SMARTS) is 1. The number of ether oxygens (including phenoxy) is 2. The summed E-state index contributed by atoms with van der Waals surface area (Å²) in [6.07, 6.45) is -1.29. The minimum Gasteiger partial charge on any atom is -0.489 e. The van der Waals surface area contributed by atoms with Gasteiger partial charge in [0.05, 0.1) is 10.9 Å². The summed E-state index contributed by atoms with van der Waals surface area (Å²) in [7, 11) is -0.215. The van der Waals surface area contributed by atoms with Crippen LogP contribution >= 0.6 is 0 Å². The van der Waals surface area contributed by atoms with Gasteiger partial charge in [0.1, 0.15) is 19.0 Å². The largest absolute Gasteiger partial charge is 0.505 e. The zero-order chi connectivity index (χ0) is 19.9. The molecule has 0 unspecified atom stereocenters. The Morgan fingerprint density at radius 1 is 0.821 bits per heavy atom. The molecule has 3 aromatic carbocycles. The van der Waals surface area contributed by atoms with Gasteiger partial charge < -0.3 is 14.6 Å². The van der Waals surface area contributed by atoms with Crippen molar-refractivity contribution in [2.24, 2.45) is 0 Å². The van der Waals surface area contributed by atoms with E-state index >= 15 is 0 Å². The minimum absolute atomic E-state index is 0.00830. The van der Waals surface area contributed by atoms with Gasteiger partial charge in [-0.1, -0.05) is 36.4 Å². The van der Waals surface area contributed by atoms with E-state index in [1.807, 2.05) is 26.0 Å². The maximum absolute atomic E-state index is 10.5. The number of benzene rings is 3. The normalized spacial score (nSPS) is 10.7. The summed E-state index contributed by atoms with van der Waals surface area (Å²) in [6.45, 7) is 4.23. The van der Waals surface area contributed by atoms with Crippen molar-refractivity contribution in [2.75, 3.05) is 13.2 Å². The van der Waals surface area contributed by atoms with Crippen LogP contribution in [-0.2, 0) is 15.6 Å². The van der Waals surface area contributed by atoms with Crippen LogP contribution in [0.5, 0.6) is 5.75 Å². The van der Waals surface area contributed by atoms with Crippen molar-refractivity contribution in [3.63, 3.8) is 0 Å². The quantitative estimate of drug-likeness (QED) is 0.327. The molecule has 28 heavy (non-hydrogen) atoms. The van der Waals surface area contributed by atoms with E-state index in [4.69, 9.17) is 9.84 Å². The van der Waals surface area contributed by atoms with Crippen LogP contribution in [0.1, 0.15) is 11.1 Å². The van der Waals surface area contributed by atoms with E-state index in [9.17, 15) is 4.79 Å². The molecule has 0 bridgehead atoms. The summed E-state index contributed by atoms with van der Waals surface area (Å²) in [4.78, 5) is 14.2. The van der Waals surface area contributed by atoms with Crippen LogP contribution in [0.25, 0.3) is 0 Å². The highest BCUT2D eigenvalue weighted by atomic mass is 32.2. The monoisotopic (exact) mass is 395 g/mol. The van der Waals surface area contributed by atoms with Crippen LogP contribution in [0.4, 0.5) is 4.79 Å². The Hall–Kier alpha value is -2.92. The fourth-order valence-corrected chi connectivity index (χ4v) is 5.31. The van der Waals surface area contributed by atoms with Gasteiger partial charge in [0.25, 0.3) is 0 Å². The maximum atomic E-state index is 10.5. The zero-order valence-electron chi connectivity index (χ0n) is 15.9. The molecule has 0 aromatic heterocycles. The van der Waals surface area contributed by atoms with Gasteiger partial charge in [-0.3, -0.25) is 0 Å². The van der Waals surface area contributed by atoms with Crippen molar-refractivity contribution in [1.82, 2.24) is 0 Å². The molecular weight excluding hydrogens is 372 g/mol. The molecule has 0 saturated heterocycles. The molecule has 4 nitrogen and oxygen atoms in total. The van der Waals surface area contributed by atoms with E-state index in [-0.39, 0.29) is 24.1 Å². The number of carbonyl (C=O) groups is 1. The van der Waals surface area contributed by atoms with E-state index in [1.165, 1.54) is 14.7 Å². The number of hydrogen-bond acceptors (Lipinski definition) is 3. The molecule has 0 saturated carbocycles. The molecule has 0 radical (unpaired) electrons. The molecule has 0 fully saturated rings. The van der Waals surface area contributed by atoms with Crippen LogP contribution in [-0.4, -0.2) is 24.5 Å². The van der Waals surface area contributed by atoms with E-state index < -0.39 is 6.16 Å². The standard InChI is InChI=1S/C23H22O4S/c1-17-15-21(16-18(2)22(17)26-13-14-27-23(24)25)28(19-9-5-3-6-10-19)20-11-7-4-8-12-20/h3-12,15-16H,13-14H2,1-2H3/p+1. The lowest BCUT2D eigenvalue weighted by molar-refractivity contribution is 0.0779. The first-order chi connectivity index (χ1) is 13.6. The molecule has 3 rings (SSSR count). The summed E-state index contributed by atoms with van der Waals surface area (Å²) in [5.41, 5.74) is 2.05. The fraction of sp³-hybridized carbons (Fsp3) is 0.174. The van der Waals surface area contributed by atoms with E-state index in [0.717, 1.165) is 16.9 Å². The molecule has 1 N–H and O–H groups in total. The minimum atomic E-state index is -1.29. The topological polar surface area (TPSA) is 55.8 Å². The average molecular weight is 396 g/mol. The first kappa shape index (κ1) is 19.8. The second-order valence-electron chi connectivity index (χ2n) is 6.28. The van der Waals surface area contributed by atoms with Crippen LogP contribution < -0.4 is 4.74 Å². The highest BCUT2D eigenvalue weighted by Crippen LogP contribution is 2.35. The van der Waals surface area contributed by atoms with Gasteiger partial charge in [-0.05, 0) is 49.2 Å². The lowest BCUT2D eigenvalue weighted by Gasteiger charge is -2.14. The Kier molecular flexibility index (Phi) is 6.61. The van der Waals surface area contributed by atoms with Gasteiger partial charge in [-0.25, -0.2) is 4.79 Å². The van der Waals surface area contributed by atoms with Crippen LogP contribution in [0.2, 0.25) is 0 Å². The van der Waals surface area contributed by atoms with Gasteiger partial charge in [0.15, 0.2) is 14.7 Å². The molecule has 0 atom stereocenters. The molecule has 144 valence electrons. The van der Waals surface area contributed by atoms with Crippen LogP contribution in [0.3, 0.4) is 0 Å². The van der Waals surface area contributed by atoms with Crippen molar-refractivity contribution >= 4 is 17.1 Å².